The molecule has 1 fully saturated rings. The number of carboxylic acid groups (broad SMARTS) is 1. The highest BCUT2D eigenvalue weighted by Gasteiger charge is 2.57. The van der Waals surface area contributed by atoms with Crippen LogP contribution < -0.4 is 9.47 Å². The number of alkyl halides is 3. The molecular weight excluding hydrogens is 611 g/mol. The van der Waals surface area contributed by atoms with Gasteiger partial charge in [0.05, 0.1) is 30.7 Å². The number of hydrogen-bond acceptors (Lipinski definition) is 6. The van der Waals surface area contributed by atoms with E-state index in [0.29, 0.717) is 40.4 Å². The highest BCUT2D eigenvalue weighted by molar-refractivity contribution is 6.30. The largest absolute Gasteiger partial charge is 0.493 e. The predicted octanol–water partition coefficient (Wildman–Crippen LogP) is 6.14. The summed E-state index contributed by atoms with van der Waals surface area (Å²) in [6.07, 6.45) is -3.38. The standard InChI is InChI=1S/C33H31ClF3N3O5/c1-44-30-15-21(16-31(41)42)6-8-29(30)45-25-9-11-39(12-10-25)20-32(43,33(35,36)37)27-19-40(18-23-3-2-4-24(34)13-23)28-14-22(17-38)5-7-26(27)28/h2-8,13-15,19,25,43H,9-12,16,18,20H2,1H3,(H,41,42). The Morgan fingerprint density at radius 1 is 1.07 bits per heavy atom. The van der Waals surface area contributed by atoms with Gasteiger partial charge < -0.3 is 24.3 Å². The van der Waals surface area contributed by atoms with Gasteiger partial charge in [-0.15, -0.1) is 0 Å². The molecule has 2 heterocycles. The molecule has 2 N–H and O–H groups in total. The summed E-state index contributed by atoms with van der Waals surface area (Å²) in [4.78, 5) is 12.6. The summed E-state index contributed by atoms with van der Waals surface area (Å²) in [6, 6.07) is 18.2. The Hall–Kier alpha value is -4.24. The van der Waals surface area contributed by atoms with Crippen molar-refractivity contribution in [2.45, 2.75) is 43.7 Å². The Labute approximate surface area is 262 Å². The lowest BCUT2D eigenvalue weighted by molar-refractivity contribution is -0.272. The first-order chi connectivity index (χ1) is 21.4. The maximum atomic E-state index is 14.8. The van der Waals surface area contributed by atoms with Gasteiger partial charge in [0, 0.05) is 48.3 Å². The Balaban J connectivity index is 1.37. The van der Waals surface area contributed by atoms with Gasteiger partial charge in [-0.25, -0.2) is 0 Å². The number of aliphatic carboxylic acids is 1. The van der Waals surface area contributed by atoms with E-state index in [4.69, 9.17) is 26.2 Å². The van der Waals surface area contributed by atoms with Gasteiger partial charge in [0.15, 0.2) is 11.5 Å². The number of ether oxygens (including phenoxy) is 2. The first kappa shape index (κ1) is 32.2. The average Bonchev–Trinajstić information content (AvgIpc) is 3.35. The normalized spacial score (nSPS) is 15.8. The molecule has 1 unspecified atom stereocenters. The van der Waals surface area contributed by atoms with E-state index >= 15 is 0 Å². The van der Waals surface area contributed by atoms with E-state index < -0.39 is 24.3 Å². The lowest BCUT2D eigenvalue weighted by atomic mass is 9.90. The molecule has 0 amide bonds. The molecule has 1 aliphatic rings. The molecule has 5 rings (SSSR count). The Kier molecular flexibility index (Phi) is 9.30. The number of methoxy groups -OCH3 is 1. The number of benzene rings is 3. The van der Waals surface area contributed by atoms with Crippen LogP contribution in [0.5, 0.6) is 11.5 Å². The van der Waals surface area contributed by atoms with Crippen LogP contribution in [0.25, 0.3) is 10.9 Å². The zero-order valence-electron chi connectivity index (χ0n) is 24.4. The number of piperidine rings is 1. The van der Waals surface area contributed by atoms with Crippen LogP contribution in [0.15, 0.2) is 66.9 Å². The van der Waals surface area contributed by atoms with Gasteiger partial charge in [-0.3, -0.25) is 9.69 Å². The zero-order valence-corrected chi connectivity index (χ0v) is 25.1. The number of β-amino-alcohol motifs (C(OH)–C–C–N with tert-alkyl or cyclic N) is 1. The summed E-state index contributed by atoms with van der Waals surface area (Å²) in [7, 11) is 1.44. The minimum Gasteiger partial charge on any atom is -0.493 e. The molecule has 0 spiro atoms. The first-order valence-electron chi connectivity index (χ1n) is 14.2. The molecule has 0 bridgehead atoms. The van der Waals surface area contributed by atoms with Crippen LogP contribution in [0.1, 0.15) is 35.1 Å². The van der Waals surface area contributed by atoms with Crippen molar-refractivity contribution < 1.29 is 37.7 Å². The van der Waals surface area contributed by atoms with Crippen LogP contribution in [0, 0.1) is 11.3 Å². The molecule has 1 aliphatic heterocycles. The first-order valence-corrected chi connectivity index (χ1v) is 14.6. The third-order valence-electron chi connectivity index (χ3n) is 8.03. The fourth-order valence-electron chi connectivity index (χ4n) is 5.76. The predicted molar refractivity (Wildman–Crippen MR) is 162 cm³/mol. The summed E-state index contributed by atoms with van der Waals surface area (Å²) in [5, 5.41) is 30.7. The van der Waals surface area contributed by atoms with Crippen molar-refractivity contribution in [2.75, 3.05) is 26.7 Å². The summed E-state index contributed by atoms with van der Waals surface area (Å²) < 4.78 is 57.6. The molecule has 4 aromatic rings. The van der Waals surface area contributed by atoms with Crippen LogP contribution in [0.3, 0.4) is 0 Å². The second-order valence-corrected chi connectivity index (χ2v) is 11.6. The molecule has 0 saturated carbocycles. The maximum absolute atomic E-state index is 14.8. The van der Waals surface area contributed by atoms with Crippen LogP contribution in [0.4, 0.5) is 13.2 Å². The average molecular weight is 642 g/mol. The van der Waals surface area contributed by atoms with Crippen LogP contribution in [0.2, 0.25) is 5.02 Å². The van der Waals surface area contributed by atoms with E-state index in [2.05, 4.69) is 0 Å². The quantitative estimate of drug-likeness (QED) is 0.214. The monoisotopic (exact) mass is 641 g/mol. The van der Waals surface area contributed by atoms with E-state index in [1.165, 1.54) is 31.5 Å². The molecule has 3 aromatic carbocycles. The van der Waals surface area contributed by atoms with E-state index in [0.717, 1.165) is 5.56 Å². The highest BCUT2D eigenvalue weighted by atomic mass is 35.5. The number of hydrogen-bond donors (Lipinski definition) is 2. The molecule has 8 nitrogen and oxygen atoms in total. The maximum Gasteiger partial charge on any atom is 0.422 e. The third kappa shape index (κ3) is 7.04. The number of aromatic nitrogens is 1. The minimum atomic E-state index is -5.01. The SMILES string of the molecule is COc1cc(CC(=O)O)ccc1OC1CCN(CC(O)(c2cn(Cc3cccc(Cl)c3)c3cc(C#N)ccc23)C(F)(F)F)CC1. The summed E-state index contributed by atoms with van der Waals surface area (Å²) in [6.45, 7) is -0.0273. The second kappa shape index (κ2) is 13.0. The molecule has 1 aromatic heterocycles. The minimum absolute atomic E-state index is 0.171. The van der Waals surface area contributed by atoms with Gasteiger partial charge in [-0.1, -0.05) is 35.9 Å². The second-order valence-electron chi connectivity index (χ2n) is 11.2. The number of halogens is 4. The molecule has 12 heteroatoms. The number of likely N-dealkylation sites (tertiary alicyclic amines) is 1. The number of rotatable bonds is 10. The van der Waals surface area contributed by atoms with Gasteiger partial charge in [-0.05, 0) is 60.4 Å². The van der Waals surface area contributed by atoms with Gasteiger partial charge in [0.25, 0.3) is 0 Å². The van der Waals surface area contributed by atoms with E-state index in [1.54, 1.807) is 51.9 Å². The number of nitriles is 1. The Morgan fingerprint density at radius 3 is 2.47 bits per heavy atom. The van der Waals surface area contributed by atoms with Crippen LogP contribution in [-0.4, -0.2) is 64.7 Å². The van der Waals surface area contributed by atoms with Crippen molar-refractivity contribution in [2.24, 2.45) is 0 Å². The van der Waals surface area contributed by atoms with Crippen LogP contribution >= 0.6 is 11.6 Å². The Morgan fingerprint density at radius 2 is 1.82 bits per heavy atom. The lowest BCUT2D eigenvalue weighted by Gasteiger charge is -2.39. The van der Waals surface area contributed by atoms with Crippen molar-refractivity contribution >= 4 is 28.5 Å². The molecular formula is C33H31ClF3N3O5. The summed E-state index contributed by atoms with van der Waals surface area (Å²) in [5.41, 5.74) is -1.52. The lowest BCUT2D eigenvalue weighted by Crippen LogP contribution is -2.53. The van der Waals surface area contributed by atoms with E-state index in [9.17, 15) is 28.3 Å². The van der Waals surface area contributed by atoms with Gasteiger partial charge in [0.2, 0.25) is 5.60 Å². The van der Waals surface area contributed by atoms with Crippen molar-refractivity contribution in [3.63, 3.8) is 0 Å². The van der Waals surface area contributed by atoms with Crippen molar-refractivity contribution in [3.05, 3.63) is 94.1 Å². The van der Waals surface area contributed by atoms with Gasteiger partial charge in [-0.2, -0.15) is 18.4 Å². The molecule has 0 aliphatic carbocycles. The number of carboxylic acids is 1. The molecule has 0 radical (unpaired) electrons. The molecule has 236 valence electrons. The number of carbonyl (C=O) groups is 1. The highest BCUT2D eigenvalue weighted by Crippen LogP contribution is 2.44. The molecule has 1 saturated heterocycles. The van der Waals surface area contributed by atoms with E-state index in [-0.39, 0.29) is 48.7 Å². The van der Waals surface area contributed by atoms with E-state index in [1.807, 2.05) is 6.07 Å². The van der Waals surface area contributed by atoms with Gasteiger partial charge in [0.1, 0.15) is 6.10 Å². The molecule has 45 heavy (non-hydrogen) atoms. The van der Waals surface area contributed by atoms with Crippen molar-refractivity contribution in [3.8, 4) is 17.6 Å². The third-order valence-corrected chi connectivity index (χ3v) is 8.27. The fraction of sp³-hybridized carbons (Fsp3) is 0.333. The summed E-state index contributed by atoms with van der Waals surface area (Å²) in [5.74, 6) is -0.188. The van der Waals surface area contributed by atoms with Crippen LogP contribution in [-0.2, 0) is 23.4 Å². The molecule has 1 atom stereocenters. The number of fused-ring (bicyclic) bond motifs is 1. The van der Waals surface area contributed by atoms with Crippen molar-refractivity contribution in [1.29, 1.82) is 5.26 Å². The van der Waals surface area contributed by atoms with Crippen molar-refractivity contribution in [1.82, 2.24) is 9.47 Å². The number of aliphatic hydroxyl groups is 1. The Bertz CT molecular complexity index is 1740. The summed E-state index contributed by atoms with van der Waals surface area (Å²) >= 11 is 6.14. The number of nitrogens with zero attached hydrogens (tertiary/aromatic N) is 3. The zero-order chi connectivity index (χ0) is 32.4. The van der Waals surface area contributed by atoms with Gasteiger partial charge >= 0.3 is 12.1 Å². The smallest absolute Gasteiger partial charge is 0.422 e. The topological polar surface area (TPSA) is 108 Å². The fourth-order valence-corrected chi connectivity index (χ4v) is 5.98.